The van der Waals surface area contributed by atoms with Crippen LogP contribution in [-0.2, 0) is 9.53 Å². The van der Waals surface area contributed by atoms with Crippen LogP contribution in [0.15, 0.2) is 12.1 Å². The number of carbonyl (C=O) groups excluding carboxylic acids is 1. The molecule has 0 aliphatic carbocycles. The second kappa shape index (κ2) is 4.14. The summed E-state index contributed by atoms with van der Waals surface area (Å²) in [5.41, 5.74) is 0.407. The van der Waals surface area contributed by atoms with Gasteiger partial charge in [-0.05, 0) is 18.6 Å². The summed E-state index contributed by atoms with van der Waals surface area (Å²) in [6.45, 7) is 2.31. The Bertz CT molecular complexity index is 587. The maximum absolute atomic E-state index is 12.1. The van der Waals surface area contributed by atoms with Crippen molar-refractivity contribution < 1.29 is 19.0 Å². The molecule has 0 radical (unpaired) electrons. The average Bonchev–Trinajstić information content (AvgIpc) is 2.75. The van der Waals surface area contributed by atoms with Crippen molar-refractivity contribution in [1.29, 1.82) is 5.26 Å². The first-order chi connectivity index (χ1) is 9.14. The highest BCUT2D eigenvalue weighted by Crippen LogP contribution is 2.37. The molecule has 6 nitrogen and oxygen atoms in total. The Labute approximate surface area is 109 Å². The van der Waals surface area contributed by atoms with Gasteiger partial charge in [0.2, 0.25) is 12.7 Å². The third-order valence-electron chi connectivity index (χ3n) is 3.31. The number of ether oxygens (including phenoxy) is 3. The molecular weight excluding hydrogens is 248 g/mol. The molecule has 0 bridgehead atoms. The van der Waals surface area contributed by atoms with Gasteiger partial charge in [-0.3, -0.25) is 4.79 Å². The van der Waals surface area contributed by atoms with Gasteiger partial charge in [0.1, 0.15) is 0 Å². The van der Waals surface area contributed by atoms with Crippen molar-refractivity contribution in [3.63, 3.8) is 0 Å². The number of hydrogen-bond donors (Lipinski definition) is 1. The standard InChI is InChI=1S/C13H12N2O4/c1-8-2-10-11(19-7-18-10)3-9(8)15-12(16)13(4-14)5-17-6-13/h2-3H,5-7H2,1H3,(H,15,16). The Hall–Kier alpha value is -2.26. The van der Waals surface area contributed by atoms with Crippen LogP contribution in [0.5, 0.6) is 11.5 Å². The normalized spacial score (nSPS) is 18.3. The second-order valence-electron chi connectivity index (χ2n) is 4.66. The van der Waals surface area contributed by atoms with E-state index in [0.29, 0.717) is 17.2 Å². The zero-order chi connectivity index (χ0) is 13.5. The van der Waals surface area contributed by atoms with Gasteiger partial charge in [0, 0.05) is 11.8 Å². The van der Waals surface area contributed by atoms with E-state index in [1.165, 1.54) is 0 Å². The first kappa shape index (κ1) is 11.8. The van der Waals surface area contributed by atoms with Gasteiger partial charge in [-0.25, -0.2) is 0 Å². The maximum atomic E-state index is 12.1. The van der Waals surface area contributed by atoms with Crippen LogP contribution in [0, 0.1) is 23.7 Å². The van der Waals surface area contributed by atoms with E-state index >= 15 is 0 Å². The van der Waals surface area contributed by atoms with Crippen LogP contribution < -0.4 is 14.8 Å². The molecule has 1 saturated heterocycles. The van der Waals surface area contributed by atoms with Gasteiger partial charge in [-0.15, -0.1) is 0 Å². The van der Waals surface area contributed by atoms with E-state index in [1.54, 1.807) is 12.1 Å². The molecule has 6 heteroatoms. The number of nitrogens with zero attached hydrogens (tertiary/aromatic N) is 1. The fraction of sp³-hybridized carbons (Fsp3) is 0.385. The predicted molar refractivity (Wildman–Crippen MR) is 64.8 cm³/mol. The molecule has 2 aliphatic rings. The van der Waals surface area contributed by atoms with Crippen LogP contribution in [0.2, 0.25) is 0 Å². The summed E-state index contributed by atoms with van der Waals surface area (Å²) in [5.74, 6) is 0.914. The molecule has 0 saturated carbocycles. The minimum absolute atomic E-state index is 0.138. The van der Waals surface area contributed by atoms with E-state index in [-0.39, 0.29) is 25.9 Å². The largest absolute Gasteiger partial charge is 0.454 e. The van der Waals surface area contributed by atoms with Gasteiger partial charge in [0.15, 0.2) is 16.9 Å². The van der Waals surface area contributed by atoms with Crippen molar-refractivity contribution in [2.45, 2.75) is 6.92 Å². The third-order valence-corrected chi connectivity index (χ3v) is 3.31. The van der Waals surface area contributed by atoms with E-state index in [4.69, 9.17) is 19.5 Å². The number of nitrogens with one attached hydrogen (secondary N) is 1. The molecule has 1 aromatic carbocycles. The van der Waals surface area contributed by atoms with Crippen molar-refractivity contribution in [1.82, 2.24) is 0 Å². The molecule has 3 rings (SSSR count). The van der Waals surface area contributed by atoms with Gasteiger partial charge >= 0.3 is 0 Å². The SMILES string of the molecule is Cc1cc2c(cc1NC(=O)C1(C#N)COC1)OCO2. The van der Waals surface area contributed by atoms with E-state index in [9.17, 15) is 4.79 Å². The van der Waals surface area contributed by atoms with Crippen molar-refractivity contribution in [3.8, 4) is 17.6 Å². The van der Waals surface area contributed by atoms with Gasteiger partial charge in [-0.1, -0.05) is 0 Å². The van der Waals surface area contributed by atoms with E-state index in [2.05, 4.69) is 5.32 Å². The summed E-state index contributed by atoms with van der Waals surface area (Å²) in [6, 6.07) is 5.52. The molecule has 1 fully saturated rings. The predicted octanol–water partition coefficient (Wildman–Crippen LogP) is 1.20. The number of hydrogen-bond acceptors (Lipinski definition) is 5. The van der Waals surface area contributed by atoms with Crippen LogP contribution in [0.3, 0.4) is 0 Å². The number of nitriles is 1. The van der Waals surface area contributed by atoms with Crippen LogP contribution in [-0.4, -0.2) is 25.9 Å². The number of benzene rings is 1. The summed E-state index contributed by atoms with van der Waals surface area (Å²) < 4.78 is 15.5. The number of fused-ring (bicyclic) bond motifs is 1. The number of amides is 1. The molecule has 0 spiro atoms. The monoisotopic (exact) mass is 260 g/mol. The van der Waals surface area contributed by atoms with E-state index in [0.717, 1.165) is 5.56 Å². The molecule has 0 aromatic heterocycles. The van der Waals surface area contributed by atoms with Crippen molar-refractivity contribution in [2.75, 3.05) is 25.3 Å². The van der Waals surface area contributed by atoms with Crippen molar-refractivity contribution in [2.24, 2.45) is 5.41 Å². The number of rotatable bonds is 2. The Morgan fingerprint density at radius 2 is 2.05 bits per heavy atom. The lowest BCUT2D eigenvalue weighted by atomic mass is 9.86. The average molecular weight is 260 g/mol. The minimum atomic E-state index is -1.07. The number of aryl methyl sites for hydroxylation is 1. The van der Waals surface area contributed by atoms with E-state index < -0.39 is 5.41 Å². The Balaban J connectivity index is 1.84. The lowest BCUT2D eigenvalue weighted by molar-refractivity contribution is -0.144. The minimum Gasteiger partial charge on any atom is -0.454 e. The fourth-order valence-corrected chi connectivity index (χ4v) is 1.97. The highest BCUT2D eigenvalue weighted by atomic mass is 16.7. The molecule has 19 heavy (non-hydrogen) atoms. The molecule has 1 N–H and O–H groups in total. The van der Waals surface area contributed by atoms with Crippen molar-refractivity contribution >= 4 is 11.6 Å². The quantitative estimate of drug-likeness (QED) is 0.864. The number of carbonyl (C=O) groups is 1. The van der Waals surface area contributed by atoms with Gasteiger partial charge in [0.25, 0.3) is 0 Å². The lowest BCUT2D eigenvalue weighted by Gasteiger charge is -2.33. The Kier molecular flexibility index (Phi) is 2.57. The zero-order valence-electron chi connectivity index (χ0n) is 10.4. The van der Waals surface area contributed by atoms with E-state index in [1.807, 2.05) is 13.0 Å². The smallest absolute Gasteiger partial charge is 0.249 e. The van der Waals surface area contributed by atoms with Crippen LogP contribution in [0.4, 0.5) is 5.69 Å². The fourth-order valence-electron chi connectivity index (χ4n) is 1.97. The van der Waals surface area contributed by atoms with Crippen molar-refractivity contribution in [3.05, 3.63) is 17.7 Å². The first-order valence-corrected chi connectivity index (χ1v) is 5.85. The van der Waals surface area contributed by atoms with Gasteiger partial charge < -0.3 is 19.5 Å². The molecule has 1 amide bonds. The highest BCUT2D eigenvalue weighted by molar-refractivity contribution is 5.98. The Morgan fingerprint density at radius 1 is 1.37 bits per heavy atom. The highest BCUT2D eigenvalue weighted by Gasteiger charge is 2.46. The van der Waals surface area contributed by atoms with Crippen LogP contribution >= 0.6 is 0 Å². The molecular formula is C13H12N2O4. The molecule has 2 heterocycles. The second-order valence-corrected chi connectivity index (χ2v) is 4.66. The molecule has 0 unspecified atom stereocenters. The van der Waals surface area contributed by atoms with Crippen LogP contribution in [0.25, 0.3) is 0 Å². The molecule has 0 atom stereocenters. The summed E-state index contributed by atoms with van der Waals surface area (Å²) in [5, 5.41) is 11.8. The topological polar surface area (TPSA) is 80.6 Å². The zero-order valence-corrected chi connectivity index (χ0v) is 10.4. The first-order valence-electron chi connectivity index (χ1n) is 5.85. The maximum Gasteiger partial charge on any atom is 0.249 e. The summed E-state index contributed by atoms with van der Waals surface area (Å²) in [7, 11) is 0. The third kappa shape index (κ3) is 1.79. The van der Waals surface area contributed by atoms with Gasteiger partial charge in [0.05, 0.1) is 19.3 Å². The summed E-state index contributed by atoms with van der Waals surface area (Å²) >= 11 is 0. The molecule has 1 aromatic rings. The lowest BCUT2D eigenvalue weighted by Crippen LogP contribution is -2.50. The number of anilines is 1. The summed E-state index contributed by atoms with van der Waals surface area (Å²) in [4.78, 5) is 12.1. The van der Waals surface area contributed by atoms with Crippen LogP contribution in [0.1, 0.15) is 5.56 Å². The Morgan fingerprint density at radius 3 is 2.63 bits per heavy atom. The molecule has 98 valence electrons. The van der Waals surface area contributed by atoms with Gasteiger partial charge in [-0.2, -0.15) is 5.26 Å². The molecule has 2 aliphatic heterocycles. The summed E-state index contributed by atoms with van der Waals surface area (Å²) in [6.07, 6.45) is 0.